The van der Waals surface area contributed by atoms with Gasteiger partial charge in [0.05, 0.1) is 39.5 Å². The number of carboxylic acids is 2. The van der Waals surface area contributed by atoms with E-state index in [9.17, 15) is 38.4 Å². The molecule has 4 atom stereocenters. The van der Waals surface area contributed by atoms with Gasteiger partial charge >= 0.3 is 11.9 Å². The molecule has 6 aliphatic heterocycles. The van der Waals surface area contributed by atoms with Crippen LogP contribution < -0.4 is 29.9 Å². The number of quaternary nitrogens is 2. The molecular weight excluding hydrogens is 989 g/mol. The number of amides is 6. The van der Waals surface area contributed by atoms with Crippen LogP contribution in [0.3, 0.4) is 0 Å². The summed E-state index contributed by atoms with van der Waals surface area (Å²) in [6.07, 6.45) is -3.36. The highest BCUT2D eigenvalue weighted by Gasteiger charge is 2.42. The van der Waals surface area contributed by atoms with Gasteiger partial charge in [-0.2, -0.15) is 0 Å². The van der Waals surface area contributed by atoms with Gasteiger partial charge in [0.15, 0.2) is 12.2 Å². The zero-order valence-corrected chi connectivity index (χ0v) is 41.7. The summed E-state index contributed by atoms with van der Waals surface area (Å²) in [5.74, 6) is -4.02. The summed E-state index contributed by atoms with van der Waals surface area (Å²) in [7, 11) is 0. The molecule has 10 rings (SSSR count). The monoisotopic (exact) mass is 1050 g/mol. The second-order valence-corrected chi connectivity index (χ2v) is 19.2. The van der Waals surface area contributed by atoms with Gasteiger partial charge in [-0.15, -0.1) is 0 Å². The minimum atomic E-state index is -2.27. The normalized spacial score (nSPS) is 20.4. The van der Waals surface area contributed by atoms with Crippen LogP contribution in [0.5, 0.6) is 11.5 Å². The van der Waals surface area contributed by atoms with Crippen molar-refractivity contribution in [1.82, 2.24) is 20.4 Å². The van der Waals surface area contributed by atoms with Crippen molar-refractivity contribution in [2.45, 2.75) is 89.4 Å². The quantitative estimate of drug-likeness (QED) is 0.0647. The number of aliphatic carboxylic acids is 2. The average molecular weight is 1050 g/mol. The number of carbonyl (C=O) groups is 8. The van der Waals surface area contributed by atoms with E-state index in [4.69, 9.17) is 39.4 Å². The molecule has 6 heterocycles. The van der Waals surface area contributed by atoms with Crippen molar-refractivity contribution < 1.29 is 87.5 Å². The number of imide groups is 2. The number of ether oxygens (including phenoxy) is 4. The van der Waals surface area contributed by atoms with Gasteiger partial charge in [0.25, 0.3) is 11.8 Å². The number of piperidine rings is 2. The highest BCUT2D eigenvalue weighted by atomic mass is 16.5. The van der Waals surface area contributed by atoms with Crippen LogP contribution in [-0.4, -0.2) is 155 Å². The number of nitrogens with one attached hydrogen (secondary N) is 4. The number of carbonyl (C=O) groups excluding carboxylic acids is 6. The molecule has 6 amide bonds. The fraction of sp³-hybridized carbons (Fsp3) is 0.407. The van der Waals surface area contributed by atoms with Crippen LogP contribution in [0.15, 0.2) is 84.9 Å². The Morgan fingerprint density at radius 3 is 1.25 bits per heavy atom. The van der Waals surface area contributed by atoms with Gasteiger partial charge in [-0.1, -0.05) is 60.7 Å². The van der Waals surface area contributed by atoms with Crippen molar-refractivity contribution in [1.29, 1.82) is 0 Å². The number of rotatable bonds is 15. The lowest BCUT2D eigenvalue weighted by molar-refractivity contribution is -0.921. The first-order valence-corrected chi connectivity index (χ1v) is 25.2. The number of nitrogens with zero attached hydrogens (tertiary/aromatic N) is 2. The molecule has 0 saturated carbocycles. The summed E-state index contributed by atoms with van der Waals surface area (Å²) < 4.78 is 23.0. The van der Waals surface area contributed by atoms with Crippen LogP contribution in [0.4, 0.5) is 0 Å². The number of benzene rings is 4. The molecule has 4 saturated heterocycles. The molecule has 0 spiro atoms. The zero-order chi connectivity index (χ0) is 53.9. The molecule has 0 aliphatic carbocycles. The summed E-state index contributed by atoms with van der Waals surface area (Å²) in [4.78, 5) is 99.1. The first-order chi connectivity index (χ1) is 36.6. The van der Waals surface area contributed by atoms with Crippen molar-refractivity contribution in [2.75, 3.05) is 52.6 Å². The molecule has 0 radical (unpaired) electrons. The van der Waals surface area contributed by atoms with E-state index in [1.165, 1.54) is 20.9 Å². The Morgan fingerprint density at radius 1 is 0.553 bits per heavy atom. The Balaban J connectivity index is 0.000000171. The predicted octanol–water partition coefficient (Wildman–Crippen LogP) is -1.24. The summed E-state index contributed by atoms with van der Waals surface area (Å²) in [6, 6.07) is 26.5. The fourth-order valence-corrected chi connectivity index (χ4v) is 9.73. The van der Waals surface area contributed by atoms with Crippen molar-refractivity contribution in [3.05, 3.63) is 129 Å². The van der Waals surface area contributed by atoms with Gasteiger partial charge in [-0.3, -0.25) is 39.4 Å². The van der Waals surface area contributed by atoms with Crippen molar-refractivity contribution in [3.8, 4) is 11.5 Å². The number of fused-ring (bicyclic) bond motifs is 2. The molecule has 0 unspecified atom stereocenters. The number of aliphatic hydroxyl groups is 2. The largest absolute Gasteiger partial charge is 0.489 e. The van der Waals surface area contributed by atoms with Gasteiger partial charge in [0.1, 0.15) is 76.1 Å². The first kappa shape index (κ1) is 54.7. The highest BCUT2D eigenvalue weighted by Crippen LogP contribution is 2.35. The molecule has 4 aromatic carbocycles. The maximum Gasteiger partial charge on any atom is 0.335 e. The minimum absolute atomic E-state index is 0.195. The number of hydrogen-bond acceptors (Lipinski definition) is 14. The third-order valence-corrected chi connectivity index (χ3v) is 14.0. The van der Waals surface area contributed by atoms with E-state index < -0.39 is 48.0 Å². The standard InChI is InChI=1S/2C25H27N3O5.C4H6O6/c2*29-23-9-8-21(24(30)26-23)28-15-20-19(25(28)31)2-1-3-22(20)33-16-18-6-4-17(5-7-18)14-27-10-12-32-13-11-27;5-1(3(7)8)2(6)4(9)10/h2*1-7,21H,8-16H2,(H,26,29,30);1-2,5-6H,(H,7,8)(H,9,10)/p+2/t2*21-;1-,2-/m000/s1. The third-order valence-electron chi connectivity index (χ3n) is 14.0. The van der Waals surface area contributed by atoms with Crippen LogP contribution in [0.2, 0.25) is 0 Å². The molecule has 22 heteroatoms. The van der Waals surface area contributed by atoms with Crippen molar-refractivity contribution in [3.63, 3.8) is 0 Å². The van der Waals surface area contributed by atoms with Crippen LogP contribution in [-0.2, 0) is 77.6 Å². The van der Waals surface area contributed by atoms with E-state index in [2.05, 4.69) is 59.2 Å². The highest BCUT2D eigenvalue weighted by molar-refractivity contribution is 6.06. The summed E-state index contributed by atoms with van der Waals surface area (Å²) >= 11 is 0. The number of morpholine rings is 2. The molecule has 4 aromatic rings. The zero-order valence-electron chi connectivity index (χ0n) is 41.7. The van der Waals surface area contributed by atoms with Crippen LogP contribution in [0, 0.1) is 0 Å². The Kier molecular flexibility index (Phi) is 18.2. The molecule has 6 aliphatic rings. The molecule has 22 nitrogen and oxygen atoms in total. The first-order valence-electron chi connectivity index (χ1n) is 25.2. The van der Waals surface area contributed by atoms with E-state index in [0.717, 1.165) is 87.9 Å². The van der Waals surface area contributed by atoms with E-state index in [0.29, 0.717) is 61.8 Å². The lowest BCUT2D eigenvalue weighted by atomic mass is 10.0. The smallest absolute Gasteiger partial charge is 0.335 e. The second-order valence-electron chi connectivity index (χ2n) is 19.2. The van der Waals surface area contributed by atoms with Gasteiger partial charge in [-0.05, 0) is 48.2 Å². The maximum absolute atomic E-state index is 12.9. The molecule has 0 aromatic heterocycles. The predicted molar refractivity (Wildman–Crippen MR) is 264 cm³/mol. The minimum Gasteiger partial charge on any atom is -0.489 e. The number of carboxylic acid groups (broad SMARTS) is 2. The molecule has 4 fully saturated rings. The lowest BCUT2D eigenvalue weighted by Crippen LogP contribution is -3.12. The van der Waals surface area contributed by atoms with Crippen molar-refractivity contribution in [2.24, 2.45) is 0 Å². The third kappa shape index (κ3) is 13.6. The molecule has 76 heavy (non-hydrogen) atoms. The van der Waals surface area contributed by atoms with E-state index in [1.807, 2.05) is 12.1 Å². The molecule has 0 bridgehead atoms. The Labute approximate surface area is 437 Å². The van der Waals surface area contributed by atoms with E-state index in [1.54, 1.807) is 34.1 Å². The van der Waals surface area contributed by atoms with E-state index >= 15 is 0 Å². The van der Waals surface area contributed by atoms with Gasteiger partial charge in [-0.25, -0.2) is 9.59 Å². The Hall–Kier alpha value is -7.60. The van der Waals surface area contributed by atoms with E-state index in [-0.39, 0.29) is 36.5 Å². The SMILES string of the molecule is O=C(O)[C@@H](O)[C@H](O)C(=O)O.O=C1CC[C@H](N2Cc3c(OCc4ccc(C[NH+]5CCOCC5)cc4)cccc3C2=O)C(=O)N1.O=C1CC[C@H](N2Cc3c(OCc4ccc(C[NH+]5CCOCC5)cc4)cccc3C2=O)C(=O)N1. The topological polar surface area (TPSA) is 294 Å². The summed E-state index contributed by atoms with van der Waals surface area (Å²) in [5, 5.41) is 37.2. The average Bonchev–Trinajstić information content (AvgIpc) is 3.94. The Morgan fingerprint density at radius 2 is 0.908 bits per heavy atom. The number of hydrogen-bond donors (Lipinski definition) is 8. The van der Waals surface area contributed by atoms with Crippen molar-refractivity contribution >= 4 is 47.4 Å². The van der Waals surface area contributed by atoms with Crippen LogP contribution in [0.25, 0.3) is 0 Å². The van der Waals surface area contributed by atoms with Crippen LogP contribution >= 0.6 is 0 Å². The Bertz CT molecular complexity index is 2610. The molecule has 402 valence electrons. The van der Waals surface area contributed by atoms with Crippen LogP contribution in [0.1, 0.15) is 79.8 Å². The maximum atomic E-state index is 12.9. The summed E-state index contributed by atoms with van der Waals surface area (Å²) in [5.41, 5.74) is 7.39. The van der Waals surface area contributed by atoms with Gasteiger partial charge in [0.2, 0.25) is 23.6 Å². The van der Waals surface area contributed by atoms with Gasteiger partial charge < -0.3 is 59.0 Å². The summed E-state index contributed by atoms with van der Waals surface area (Å²) in [6.45, 7) is 10.9. The number of aliphatic hydroxyl groups excluding tert-OH is 2. The lowest BCUT2D eigenvalue weighted by Gasteiger charge is -2.29. The molecule has 8 N–H and O–H groups in total. The van der Waals surface area contributed by atoms with Gasteiger partial charge in [0, 0.05) is 46.2 Å². The fourth-order valence-electron chi connectivity index (χ4n) is 9.73. The second kappa shape index (κ2) is 25.3. The molecular formula is C54H62N6O16+2.